The zero-order chi connectivity index (χ0) is 40.4. The number of amides is 4. The summed E-state index contributed by atoms with van der Waals surface area (Å²) in [6.45, 7) is 2.71. The van der Waals surface area contributed by atoms with E-state index in [4.69, 9.17) is 30.4 Å². The Kier molecular flexibility index (Phi) is 16.7. The third kappa shape index (κ3) is 11.4. The van der Waals surface area contributed by atoms with Gasteiger partial charge in [0.1, 0.15) is 55.3 Å². The van der Waals surface area contributed by atoms with Gasteiger partial charge in [0, 0.05) is 20.4 Å². The van der Waals surface area contributed by atoms with Crippen molar-refractivity contribution in [3.63, 3.8) is 0 Å². The monoisotopic (exact) mass is 771 g/mol. The minimum Gasteiger partial charge on any atom is -0.461 e. The number of nitrogens with zero attached hydrogens (tertiary/aromatic N) is 1. The number of carbonyl (C=O) groups excluding carboxylic acids is 5. The number of hydrogen-bond acceptors (Lipinski definition) is 16. The highest BCUT2D eigenvalue weighted by atomic mass is 16.6. The Balaban J connectivity index is 2.04. The second-order valence-corrected chi connectivity index (χ2v) is 13.5. The van der Waals surface area contributed by atoms with Crippen LogP contribution in [0.15, 0.2) is 30.3 Å². The van der Waals surface area contributed by atoms with E-state index in [2.05, 4.69) is 10.6 Å². The zero-order valence-corrected chi connectivity index (χ0v) is 30.5. The first kappa shape index (κ1) is 44.6. The number of ether oxygens (including phenoxy) is 4. The van der Waals surface area contributed by atoms with Gasteiger partial charge in [-0.3, -0.25) is 24.0 Å². The number of nitrogens with one attached hydrogen (secondary N) is 2. The van der Waals surface area contributed by atoms with Gasteiger partial charge in [-0.05, 0) is 25.8 Å². The molecule has 304 valence electrons. The molecule has 0 bridgehead atoms. The van der Waals surface area contributed by atoms with Crippen LogP contribution < -0.4 is 22.1 Å². The Morgan fingerprint density at radius 1 is 0.870 bits per heavy atom. The van der Waals surface area contributed by atoms with Gasteiger partial charge in [0.15, 0.2) is 6.29 Å². The van der Waals surface area contributed by atoms with E-state index < -0.39 is 141 Å². The van der Waals surface area contributed by atoms with Crippen LogP contribution in [0.25, 0.3) is 0 Å². The second kappa shape index (κ2) is 20.2. The molecule has 4 amide bonds. The Hall–Kier alpha value is -3.83. The van der Waals surface area contributed by atoms with Gasteiger partial charge in [-0.1, -0.05) is 30.3 Å². The number of carbonyl (C=O) groups is 5. The van der Waals surface area contributed by atoms with Crippen LogP contribution in [0.3, 0.4) is 0 Å². The van der Waals surface area contributed by atoms with Gasteiger partial charge in [0.2, 0.25) is 23.6 Å². The standard InChI is InChI=1S/C34H53N5O15/c1-15(52-30-25(38-18(4)43)34(50)54-23(13-41)27(30)45)11-39(32(48)16(2)35)21(31(36)47)10-20(33(49)51-14-19-8-6-5-7-9-19)29-24(37-17(3)42)28(46)26(44)22(12-40)53-29/h5-9,15-16,20-30,34,40-41,44-46,50H,10-14,35H2,1-4H3,(H2,36,47)(H,37,42)(H,38,43)/t15?,16-,20?,21+,22+,23+,24+,25+,26+,27+,28+,29-,30+,34-/m0/s1. The van der Waals surface area contributed by atoms with Crippen molar-refractivity contribution < 1.29 is 73.6 Å². The number of rotatable bonds is 17. The number of nitrogens with two attached hydrogens (primary N) is 2. The predicted molar refractivity (Wildman–Crippen MR) is 184 cm³/mol. The first-order chi connectivity index (χ1) is 25.4. The summed E-state index contributed by atoms with van der Waals surface area (Å²) in [5.74, 6) is -5.92. The fourth-order valence-electron chi connectivity index (χ4n) is 6.59. The van der Waals surface area contributed by atoms with E-state index in [1.807, 2.05) is 0 Å². The molecule has 2 fully saturated rings. The molecule has 0 aliphatic carbocycles. The summed E-state index contributed by atoms with van der Waals surface area (Å²) in [5, 5.41) is 67.7. The molecule has 0 saturated carbocycles. The molecule has 0 spiro atoms. The lowest BCUT2D eigenvalue weighted by Crippen LogP contribution is -2.67. The molecule has 20 heteroatoms. The molecule has 12 N–H and O–H groups in total. The lowest BCUT2D eigenvalue weighted by Gasteiger charge is -2.46. The number of hydrogen-bond donors (Lipinski definition) is 10. The van der Waals surface area contributed by atoms with Gasteiger partial charge >= 0.3 is 5.97 Å². The average Bonchev–Trinajstić information content (AvgIpc) is 3.11. The molecule has 20 nitrogen and oxygen atoms in total. The second-order valence-electron chi connectivity index (χ2n) is 13.5. The van der Waals surface area contributed by atoms with Crippen molar-refractivity contribution >= 4 is 29.6 Å². The average molecular weight is 772 g/mol. The largest absolute Gasteiger partial charge is 0.461 e. The van der Waals surface area contributed by atoms with Crippen LogP contribution in [-0.4, -0.2) is 164 Å². The normalized spacial score (nSPS) is 30.6. The summed E-state index contributed by atoms with van der Waals surface area (Å²) in [4.78, 5) is 66.1. The molecule has 3 rings (SSSR count). The molecule has 2 heterocycles. The van der Waals surface area contributed by atoms with Crippen molar-refractivity contribution in [2.45, 2.75) is 120 Å². The minimum atomic E-state index is -1.78. The van der Waals surface area contributed by atoms with E-state index in [-0.39, 0.29) is 6.61 Å². The summed E-state index contributed by atoms with van der Waals surface area (Å²) in [6.07, 6.45) is -14.4. The zero-order valence-electron chi connectivity index (χ0n) is 30.5. The smallest absolute Gasteiger partial charge is 0.312 e. The fraction of sp³-hybridized carbons (Fsp3) is 0.676. The third-order valence-electron chi connectivity index (χ3n) is 9.20. The highest BCUT2D eigenvalue weighted by molar-refractivity contribution is 5.89. The summed E-state index contributed by atoms with van der Waals surface area (Å²) in [5.41, 5.74) is 12.4. The van der Waals surface area contributed by atoms with Gasteiger partial charge in [0.05, 0.1) is 43.4 Å². The quantitative estimate of drug-likeness (QED) is 0.0664. The molecule has 2 aliphatic heterocycles. The Morgan fingerprint density at radius 3 is 1.98 bits per heavy atom. The molecule has 2 aliphatic rings. The lowest BCUT2D eigenvalue weighted by atomic mass is 9.82. The predicted octanol–water partition coefficient (Wildman–Crippen LogP) is -4.90. The molecule has 14 atom stereocenters. The molecule has 2 saturated heterocycles. The van der Waals surface area contributed by atoms with Crippen LogP contribution in [0.4, 0.5) is 0 Å². The lowest BCUT2D eigenvalue weighted by molar-refractivity contribution is -0.268. The third-order valence-corrected chi connectivity index (χ3v) is 9.20. The number of primary amides is 1. The van der Waals surface area contributed by atoms with E-state index in [0.29, 0.717) is 5.56 Å². The molecule has 2 unspecified atom stereocenters. The Morgan fingerprint density at radius 2 is 1.44 bits per heavy atom. The van der Waals surface area contributed by atoms with E-state index in [1.165, 1.54) is 13.8 Å². The maximum atomic E-state index is 14.0. The number of aliphatic hydroxyl groups is 6. The van der Waals surface area contributed by atoms with E-state index in [9.17, 15) is 54.6 Å². The molecule has 0 radical (unpaired) electrons. The maximum Gasteiger partial charge on any atom is 0.312 e. The molecule has 0 aromatic heterocycles. The first-order valence-electron chi connectivity index (χ1n) is 17.4. The SMILES string of the molecule is CC(=O)N[C@@H]1[C@@H](OC(C)CN(C(=O)[C@H](C)N)[C@H](CC(C(=O)OCc2ccccc2)[C@@H]2O[C@H](CO)[C@@H](O)[C@H](O)[C@H]2NC(C)=O)C(N)=O)[C@H](O)[C@@H](CO)O[C@@H]1O. The molecule has 1 aromatic carbocycles. The van der Waals surface area contributed by atoms with Crippen molar-refractivity contribution in [3.8, 4) is 0 Å². The molecule has 54 heavy (non-hydrogen) atoms. The van der Waals surface area contributed by atoms with Crippen molar-refractivity contribution in [2.75, 3.05) is 19.8 Å². The number of aliphatic hydroxyl groups excluding tert-OH is 6. The van der Waals surface area contributed by atoms with Crippen LogP contribution in [0.2, 0.25) is 0 Å². The Labute approximate surface area is 311 Å². The van der Waals surface area contributed by atoms with Crippen LogP contribution >= 0.6 is 0 Å². The molecule has 1 aromatic rings. The van der Waals surface area contributed by atoms with Crippen LogP contribution in [0.5, 0.6) is 0 Å². The highest BCUT2D eigenvalue weighted by Crippen LogP contribution is 2.32. The van der Waals surface area contributed by atoms with Gasteiger partial charge in [-0.25, -0.2) is 0 Å². The summed E-state index contributed by atoms with van der Waals surface area (Å²) >= 11 is 0. The van der Waals surface area contributed by atoms with Crippen molar-refractivity contribution in [3.05, 3.63) is 35.9 Å². The van der Waals surface area contributed by atoms with E-state index >= 15 is 0 Å². The van der Waals surface area contributed by atoms with Gasteiger partial charge < -0.3 is 76.6 Å². The minimum absolute atomic E-state index is 0.263. The van der Waals surface area contributed by atoms with Crippen LogP contribution in [0, 0.1) is 5.92 Å². The van der Waals surface area contributed by atoms with Gasteiger partial charge in [0.25, 0.3) is 0 Å². The topological polar surface area (TPSA) is 323 Å². The summed E-state index contributed by atoms with van der Waals surface area (Å²) in [6, 6.07) is 2.71. The van der Waals surface area contributed by atoms with Crippen LogP contribution in [0.1, 0.15) is 39.7 Å². The molecular weight excluding hydrogens is 718 g/mol. The summed E-state index contributed by atoms with van der Waals surface area (Å²) < 4.78 is 22.7. The fourth-order valence-corrected chi connectivity index (χ4v) is 6.59. The van der Waals surface area contributed by atoms with E-state index in [0.717, 1.165) is 18.7 Å². The number of benzene rings is 1. The molecular formula is C34H53N5O15. The Bertz CT molecular complexity index is 1420. The first-order valence-corrected chi connectivity index (χ1v) is 17.4. The van der Waals surface area contributed by atoms with Crippen molar-refractivity contribution in [2.24, 2.45) is 17.4 Å². The van der Waals surface area contributed by atoms with E-state index in [1.54, 1.807) is 30.3 Å². The summed E-state index contributed by atoms with van der Waals surface area (Å²) in [7, 11) is 0. The van der Waals surface area contributed by atoms with Gasteiger partial charge in [-0.2, -0.15) is 0 Å². The highest BCUT2D eigenvalue weighted by Gasteiger charge is 2.52. The van der Waals surface area contributed by atoms with Crippen molar-refractivity contribution in [1.82, 2.24) is 15.5 Å². The van der Waals surface area contributed by atoms with Crippen molar-refractivity contribution in [1.29, 1.82) is 0 Å². The van der Waals surface area contributed by atoms with Crippen LogP contribution in [-0.2, 0) is 49.5 Å². The van der Waals surface area contributed by atoms with Gasteiger partial charge in [-0.15, -0.1) is 0 Å². The maximum absolute atomic E-state index is 14.0. The number of esters is 1.